The molecule has 130 valence electrons. The highest BCUT2D eigenvalue weighted by Crippen LogP contribution is 2.15. The van der Waals surface area contributed by atoms with E-state index in [1.807, 2.05) is 37.4 Å². The van der Waals surface area contributed by atoms with Crippen molar-refractivity contribution in [2.75, 3.05) is 31.6 Å². The molecule has 0 saturated carbocycles. The van der Waals surface area contributed by atoms with Crippen molar-refractivity contribution in [3.8, 4) is 0 Å². The van der Waals surface area contributed by atoms with Gasteiger partial charge in [0.05, 0.1) is 0 Å². The van der Waals surface area contributed by atoms with Gasteiger partial charge in [0.2, 0.25) is 0 Å². The molecule has 1 atom stereocenters. The second kappa shape index (κ2) is 10.4. The fourth-order valence-corrected chi connectivity index (χ4v) is 3.16. The number of carbonyl (C=O) groups is 1. The number of nitrogens with zero attached hydrogens (tertiary/aromatic N) is 1. The van der Waals surface area contributed by atoms with Crippen LogP contribution in [0.25, 0.3) is 0 Å². The maximum atomic E-state index is 12.1. The van der Waals surface area contributed by atoms with Crippen LogP contribution in [0.3, 0.4) is 0 Å². The molecular formula is C17H34N2O2S. The van der Waals surface area contributed by atoms with Gasteiger partial charge < -0.3 is 15.0 Å². The highest BCUT2D eigenvalue weighted by molar-refractivity contribution is 7.98. The van der Waals surface area contributed by atoms with Crippen LogP contribution in [-0.4, -0.2) is 54.3 Å². The molecular weight excluding hydrogens is 296 g/mol. The predicted octanol–water partition coefficient (Wildman–Crippen LogP) is 3.90. The third kappa shape index (κ3) is 8.89. The van der Waals surface area contributed by atoms with Gasteiger partial charge in [0.1, 0.15) is 5.60 Å². The maximum absolute atomic E-state index is 12.1. The summed E-state index contributed by atoms with van der Waals surface area (Å²) >= 11 is 1.93. The first-order valence-electron chi connectivity index (χ1n) is 8.62. The molecule has 5 heteroatoms. The summed E-state index contributed by atoms with van der Waals surface area (Å²) in [5.74, 6) is 1.28. The van der Waals surface area contributed by atoms with Crippen molar-refractivity contribution in [3.05, 3.63) is 0 Å². The molecule has 1 amide bonds. The number of hydrogen-bond acceptors (Lipinski definition) is 4. The normalized spacial score (nSPS) is 19.3. The number of ether oxygens (including phenoxy) is 1. The van der Waals surface area contributed by atoms with Gasteiger partial charge in [-0.25, -0.2) is 4.79 Å². The molecule has 1 N–H and O–H groups in total. The number of hydrogen-bond donors (Lipinski definition) is 1. The van der Waals surface area contributed by atoms with Gasteiger partial charge in [-0.2, -0.15) is 11.8 Å². The summed E-state index contributed by atoms with van der Waals surface area (Å²) in [4.78, 5) is 14.0. The van der Waals surface area contributed by atoms with Gasteiger partial charge in [0, 0.05) is 19.1 Å². The predicted molar refractivity (Wildman–Crippen MR) is 95.7 cm³/mol. The van der Waals surface area contributed by atoms with Crippen LogP contribution >= 0.6 is 11.8 Å². The average Bonchev–Trinajstić information content (AvgIpc) is 2.45. The van der Waals surface area contributed by atoms with E-state index in [9.17, 15) is 4.79 Å². The highest BCUT2D eigenvalue weighted by atomic mass is 32.2. The van der Waals surface area contributed by atoms with Crippen molar-refractivity contribution >= 4 is 17.9 Å². The minimum absolute atomic E-state index is 0.170. The Labute approximate surface area is 140 Å². The summed E-state index contributed by atoms with van der Waals surface area (Å²) in [6, 6.07) is 0.424. The van der Waals surface area contributed by atoms with Crippen molar-refractivity contribution in [1.29, 1.82) is 0 Å². The fraction of sp³-hybridized carbons (Fsp3) is 0.941. The smallest absolute Gasteiger partial charge is 0.410 e. The van der Waals surface area contributed by atoms with Gasteiger partial charge in [0.15, 0.2) is 0 Å². The molecule has 1 aliphatic rings. The summed E-state index contributed by atoms with van der Waals surface area (Å²) in [7, 11) is 0. The van der Waals surface area contributed by atoms with E-state index >= 15 is 0 Å². The molecule has 0 aromatic carbocycles. The first-order valence-corrected chi connectivity index (χ1v) is 10.0. The van der Waals surface area contributed by atoms with Crippen molar-refractivity contribution in [2.45, 2.75) is 70.9 Å². The van der Waals surface area contributed by atoms with Gasteiger partial charge >= 0.3 is 6.09 Å². The minimum Gasteiger partial charge on any atom is -0.444 e. The van der Waals surface area contributed by atoms with Gasteiger partial charge in [-0.1, -0.05) is 12.8 Å². The Hall–Kier alpha value is -0.420. The van der Waals surface area contributed by atoms with Crippen LogP contribution in [-0.2, 0) is 4.74 Å². The molecule has 1 rings (SSSR count). The Morgan fingerprint density at radius 3 is 2.68 bits per heavy atom. The maximum Gasteiger partial charge on any atom is 0.410 e. The summed E-state index contributed by atoms with van der Waals surface area (Å²) in [6.07, 6.45) is 9.41. The van der Waals surface area contributed by atoms with Crippen LogP contribution in [0.2, 0.25) is 0 Å². The summed E-state index contributed by atoms with van der Waals surface area (Å²) in [6.45, 7) is 8.42. The molecule has 0 aliphatic carbocycles. The Kier molecular flexibility index (Phi) is 9.25. The van der Waals surface area contributed by atoms with E-state index in [-0.39, 0.29) is 6.09 Å². The lowest BCUT2D eigenvalue weighted by Gasteiger charge is -2.34. The van der Waals surface area contributed by atoms with E-state index in [0.717, 1.165) is 32.5 Å². The number of thioether (sulfide) groups is 1. The van der Waals surface area contributed by atoms with Crippen molar-refractivity contribution in [3.63, 3.8) is 0 Å². The molecule has 1 saturated heterocycles. The lowest BCUT2D eigenvalue weighted by Crippen LogP contribution is -2.49. The molecule has 0 aromatic heterocycles. The summed E-state index contributed by atoms with van der Waals surface area (Å²) < 4.78 is 5.46. The number of rotatable bonds is 8. The third-order valence-corrected chi connectivity index (χ3v) is 4.48. The molecule has 1 fully saturated rings. The molecule has 0 aromatic rings. The van der Waals surface area contributed by atoms with Crippen molar-refractivity contribution in [1.82, 2.24) is 10.2 Å². The van der Waals surface area contributed by atoms with Crippen molar-refractivity contribution in [2.24, 2.45) is 0 Å². The fourth-order valence-electron chi connectivity index (χ4n) is 2.67. The third-order valence-electron chi connectivity index (χ3n) is 3.78. The second-order valence-electron chi connectivity index (χ2n) is 7.13. The lowest BCUT2D eigenvalue weighted by molar-refractivity contribution is 0.0187. The van der Waals surface area contributed by atoms with Crippen LogP contribution < -0.4 is 5.32 Å². The Morgan fingerprint density at radius 1 is 1.27 bits per heavy atom. The van der Waals surface area contributed by atoms with E-state index in [2.05, 4.69) is 11.6 Å². The molecule has 4 nitrogen and oxygen atoms in total. The zero-order chi connectivity index (χ0) is 16.4. The van der Waals surface area contributed by atoms with E-state index in [4.69, 9.17) is 4.74 Å². The number of likely N-dealkylation sites (tertiary alicyclic amines) is 1. The quantitative estimate of drug-likeness (QED) is 0.685. The van der Waals surface area contributed by atoms with Crippen LogP contribution in [0.1, 0.15) is 59.3 Å². The molecule has 0 bridgehead atoms. The summed E-state index contributed by atoms with van der Waals surface area (Å²) in [5.41, 5.74) is -0.409. The van der Waals surface area contributed by atoms with Crippen LogP contribution in [0.4, 0.5) is 4.79 Å². The van der Waals surface area contributed by atoms with Crippen LogP contribution in [0.5, 0.6) is 0 Å². The van der Waals surface area contributed by atoms with Gasteiger partial charge in [-0.3, -0.25) is 0 Å². The second-order valence-corrected chi connectivity index (χ2v) is 8.11. The van der Waals surface area contributed by atoms with E-state index in [1.165, 1.54) is 31.4 Å². The minimum atomic E-state index is -0.409. The van der Waals surface area contributed by atoms with Gasteiger partial charge in [0.25, 0.3) is 0 Å². The zero-order valence-electron chi connectivity index (χ0n) is 14.8. The number of piperidine rings is 1. The largest absolute Gasteiger partial charge is 0.444 e. The lowest BCUT2D eigenvalue weighted by atomic mass is 10.1. The number of unbranched alkanes of at least 4 members (excludes halogenated alkanes) is 3. The van der Waals surface area contributed by atoms with E-state index < -0.39 is 5.60 Å². The molecule has 1 heterocycles. The Morgan fingerprint density at radius 2 is 2.00 bits per heavy atom. The van der Waals surface area contributed by atoms with Crippen molar-refractivity contribution < 1.29 is 9.53 Å². The van der Waals surface area contributed by atoms with Crippen LogP contribution in [0.15, 0.2) is 0 Å². The summed E-state index contributed by atoms with van der Waals surface area (Å²) in [5, 5.41) is 3.61. The Balaban J connectivity index is 2.16. The van der Waals surface area contributed by atoms with E-state index in [1.54, 1.807) is 0 Å². The first-order chi connectivity index (χ1) is 10.4. The SMILES string of the molecule is CSCCCCCCNC1CCCN(C(=O)OC(C)(C)C)C1. The molecule has 0 radical (unpaired) electrons. The number of nitrogens with one attached hydrogen (secondary N) is 1. The topological polar surface area (TPSA) is 41.6 Å². The monoisotopic (exact) mass is 330 g/mol. The molecule has 0 spiro atoms. The Bertz CT molecular complexity index is 318. The van der Waals surface area contributed by atoms with Gasteiger partial charge in [-0.15, -0.1) is 0 Å². The molecule has 1 unspecified atom stereocenters. The van der Waals surface area contributed by atoms with Gasteiger partial charge in [-0.05, 0) is 65.0 Å². The van der Waals surface area contributed by atoms with E-state index in [0.29, 0.717) is 6.04 Å². The van der Waals surface area contributed by atoms with Crippen LogP contribution in [0, 0.1) is 0 Å². The number of carbonyl (C=O) groups excluding carboxylic acids is 1. The highest BCUT2D eigenvalue weighted by Gasteiger charge is 2.27. The molecule has 1 aliphatic heterocycles. The first kappa shape index (κ1) is 19.6. The number of amides is 1. The molecule has 22 heavy (non-hydrogen) atoms. The standard InChI is InChI=1S/C17H34N2O2S/c1-17(2,3)21-16(20)19-12-9-10-15(14-19)18-11-7-5-6-8-13-22-4/h15,18H,5-14H2,1-4H3. The zero-order valence-corrected chi connectivity index (χ0v) is 15.6. The average molecular weight is 331 g/mol.